The highest BCUT2D eigenvalue weighted by Gasteiger charge is 2.08. The van der Waals surface area contributed by atoms with Crippen molar-refractivity contribution in [2.75, 3.05) is 18.8 Å². The van der Waals surface area contributed by atoms with Crippen molar-refractivity contribution in [1.29, 1.82) is 0 Å². The standard InChI is InChI=1S/C14H22N2O3S/c1-13(17)15-10-6-11-16-20(18,19)12-5-9-14-7-3-2-4-8-14/h2-4,7-8,16H,5-6,9-12H2,1H3,(H,15,17). The number of hydrogen-bond acceptors (Lipinski definition) is 3. The number of carbonyl (C=O) groups excluding carboxylic acids is 1. The van der Waals surface area contributed by atoms with Gasteiger partial charge in [-0.05, 0) is 24.8 Å². The first-order chi connectivity index (χ1) is 9.49. The van der Waals surface area contributed by atoms with Crippen molar-refractivity contribution in [3.05, 3.63) is 35.9 Å². The van der Waals surface area contributed by atoms with Crippen LogP contribution >= 0.6 is 0 Å². The fourth-order valence-electron chi connectivity index (χ4n) is 1.76. The Kier molecular flexibility index (Phi) is 7.25. The van der Waals surface area contributed by atoms with E-state index in [1.807, 2.05) is 30.3 Å². The van der Waals surface area contributed by atoms with Gasteiger partial charge in [0.25, 0.3) is 0 Å². The monoisotopic (exact) mass is 298 g/mol. The third-order valence-electron chi connectivity index (χ3n) is 2.77. The zero-order chi connectivity index (χ0) is 14.8. The van der Waals surface area contributed by atoms with Crippen LogP contribution in [0.5, 0.6) is 0 Å². The van der Waals surface area contributed by atoms with Crippen LogP contribution in [0.4, 0.5) is 0 Å². The van der Waals surface area contributed by atoms with E-state index < -0.39 is 10.0 Å². The highest BCUT2D eigenvalue weighted by atomic mass is 32.2. The summed E-state index contributed by atoms with van der Waals surface area (Å²) in [6.07, 6.45) is 1.95. The summed E-state index contributed by atoms with van der Waals surface area (Å²) in [6.45, 7) is 2.28. The molecule has 1 aromatic carbocycles. The molecule has 0 aliphatic carbocycles. The molecule has 112 valence electrons. The summed E-state index contributed by atoms with van der Waals surface area (Å²) >= 11 is 0. The maximum Gasteiger partial charge on any atom is 0.216 e. The maximum absolute atomic E-state index is 11.7. The summed E-state index contributed by atoms with van der Waals surface area (Å²) in [4.78, 5) is 10.6. The second kappa shape index (κ2) is 8.71. The smallest absolute Gasteiger partial charge is 0.216 e. The lowest BCUT2D eigenvalue weighted by Crippen LogP contribution is -2.30. The molecule has 0 atom stereocenters. The number of amides is 1. The van der Waals surface area contributed by atoms with E-state index in [2.05, 4.69) is 10.0 Å². The zero-order valence-corrected chi connectivity index (χ0v) is 12.6. The van der Waals surface area contributed by atoms with Gasteiger partial charge in [-0.1, -0.05) is 30.3 Å². The third-order valence-corrected chi connectivity index (χ3v) is 4.24. The van der Waals surface area contributed by atoms with E-state index in [9.17, 15) is 13.2 Å². The summed E-state index contributed by atoms with van der Waals surface area (Å²) in [5.41, 5.74) is 1.15. The minimum Gasteiger partial charge on any atom is -0.356 e. The second-order valence-electron chi connectivity index (χ2n) is 4.64. The van der Waals surface area contributed by atoms with Crippen LogP contribution in [-0.4, -0.2) is 33.2 Å². The van der Waals surface area contributed by atoms with Crippen molar-refractivity contribution < 1.29 is 13.2 Å². The van der Waals surface area contributed by atoms with Crippen molar-refractivity contribution in [3.63, 3.8) is 0 Å². The Morgan fingerprint density at radius 2 is 1.80 bits per heavy atom. The van der Waals surface area contributed by atoms with E-state index in [0.717, 1.165) is 12.0 Å². The number of sulfonamides is 1. The Labute approximate surface area is 120 Å². The van der Waals surface area contributed by atoms with Gasteiger partial charge in [0.05, 0.1) is 5.75 Å². The van der Waals surface area contributed by atoms with Gasteiger partial charge >= 0.3 is 0 Å². The first kappa shape index (κ1) is 16.7. The van der Waals surface area contributed by atoms with Gasteiger partial charge in [0, 0.05) is 20.0 Å². The molecule has 0 aromatic heterocycles. The summed E-state index contributed by atoms with van der Waals surface area (Å²) in [7, 11) is -3.22. The van der Waals surface area contributed by atoms with Crippen LogP contribution in [0.3, 0.4) is 0 Å². The second-order valence-corrected chi connectivity index (χ2v) is 6.57. The van der Waals surface area contributed by atoms with Crippen molar-refractivity contribution in [3.8, 4) is 0 Å². The Bertz CT molecular complexity index is 500. The lowest BCUT2D eigenvalue weighted by atomic mass is 10.1. The van der Waals surface area contributed by atoms with Crippen molar-refractivity contribution >= 4 is 15.9 Å². The van der Waals surface area contributed by atoms with Gasteiger partial charge in [-0.25, -0.2) is 13.1 Å². The normalized spacial score (nSPS) is 11.2. The number of rotatable bonds is 9. The van der Waals surface area contributed by atoms with E-state index in [0.29, 0.717) is 25.9 Å². The average Bonchev–Trinajstić information content (AvgIpc) is 2.39. The minimum atomic E-state index is -3.22. The van der Waals surface area contributed by atoms with Gasteiger partial charge < -0.3 is 5.32 Å². The summed E-state index contributed by atoms with van der Waals surface area (Å²) in [5, 5.41) is 2.62. The zero-order valence-electron chi connectivity index (χ0n) is 11.8. The van der Waals surface area contributed by atoms with Crippen LogP contribution in [0, 0.1) is 0 Å². The predicted octanol–water partition coefficient (Wildman–Crippen LogP) is 1.06. The van der Waals surface area contributed by atoms with Gasteiger partial charge in [-0.3, -0.25) is 4.79 Å². The van der Waals surface area contributed by atoms with Crippen LogP contribution in [-0.2, 0) is 21.2 Å². The Morgan fingerprint density at radius 3 is 2.45 bits per heavy atom. The molecular formula is C14H22N2O3S. The highest BCUT2D eigenvalue weighted by Crippen LogP contribution is 2.03. The molecule has 0 spiro atoms. The molecule has 0 bridgehead atoms. The Hall–Kier alpha value is -1.40. The number of benzene rings is 1. The highest BCUT2D eigenvalue weighted by molar-refractivity contribution is 7.89. The molecule has 5 nitrogen and oxygen atoms in total. The first-order valence-corrected chi connectivity index (χ1v) is 8.40. The number of nitrogens with one attached hydrogen (secondary N) is 2. The lowest BCUT2D eigenvalue weighted by Gasteiger charge is -2.07. The van der Waals surface area contributed by atoms with Crippen LogP contribution < -0.4 is 10.0 Å². The summed E-state index contributed by atoms with van der Waals surface area (Å²) < 4.78 is 26.0. The molecule has 0 aliphatic heterocycles. The predicted molar refractivity (Wildman–Crippen MR) is 79.9 cm³/mol. The first-order valence-electron chi connectivity index (χ1n) is 6.75. The van der Waals surface area contributed by atoms with E-state index in [-0.39, 0.29) is 11.7 Å². The minimum absolute atomic E-state index is 0.101. The fourth-order valence-corrected chi connectivity index (χ4v) is 2.89. The van der Waals surface area contributed by atoms with E-state index in [1.54, 1.807) is 0 Å². The average molecular weight is 298 g/mol. The molecule has 0 heterocycles. The van der Waals surface area contributed by atoms with Crippen LogP contribution in [0.1, 0.15) is 25.3 Å². The molecule has 0 saturated heterocycles. The van der Waals surface area contributed by atoms with Gasteiger partial charge in [0.15, 0.2) is 0 Å². The molecular weight excluding hydrogens is 276 g/mol. The molecule has 0 aliphatic rings. The van der Waals surface area contributed by atoms with E-state index in [4.69, 9.17) is 0 Å². The molecule has 20 heavy (non-hydrogen) atoms. The van der Waals surface area contributed by atoms with Gasteiger partial charge in [0.1, 0.15) is 0 Å². The fraction of sp³-hybridized carbons (Fsp3) is 0.500. The SMILES string of the molecule is CC(=O)NCCCNS(=O)(=O)CCCc1ccccc1. The van der Waals surface area contributed by atoms with Gasteiger partial charge in [-0.15, -0.1) is 0 Å². The van der Waals surface area contributed by atoms with Gasteiger partial charge in [-0.2, -0.15) is 0 Å². The number of carbonyl (C=O) groups is 1. The topological polar surface area (TPSA) is 75.3 Å². The molecule has 6 heteroatoms. The van der Waals surface area contributed by atoms with Gasteiger partial charge in [0.2, 0.25) is 15.9 Å². The van der Waals surface area contributed by atoms with Crippen molar-refractivity contribution in [2.45, 2.75) is 26.2 Å². The van der Waals surface area contributed by atoms with E-state index >= 15 is 0 Å². The quantitative estimate of drug-likeness (QED) is 0.670. The molecule has 0 saturated carbocycles. The molecule has 0 radical (unpaired) electrons. The molecule has 1 rings (SSSR count). The van der Waals surface area contributed by atoms with Crippen LogP contribution in [0.25, 0.3) is 0 Å². The molecule has 0 fully saturated rings. The van der Waals surface area contributed by atoms with E-state index in [1.165, 1.54) is 6.92 Å². The Balaban J connectivity index is 2.16. The number of hydrogen-bond donors (Lipinski definition) is 2. The molecule has 1 aromatic rings. The molecule has 1 amide bonds. The largest absolute Gasteiger partial charge is 0.356 e. The van der Waals surface area contributed by atoms with Crippen LogP contribution in [0.2, 0.25) is 0 Å². The van der Waals surface area contributed by atoms with Crippen LogP contribution in [0.15, 0.2) is 30.3 Å². The maximum atomic E-state index is 11.7. The Morgan fingerprint density at radius 1 is 1.10 bits per heavy atom. The summed E-state index contributed by atoms with van der Waals surface area (Å²) in [6, 6.07) is 9.83. The van der Waals surface area contributed by atoms with Crippen molar-refractivity contribution in [2.24, 2.45) is 0 Å². The molecule has 0 unspecified atom stereocenters. The molecule has 2 N–H and O–H groups in total. The van der Waals surface area contributed by atoms with Crippen molar-refractivity contribution in [1.82, 2.24) is 10.0 Å². The third kappa shape index (κ3) is 7.91. The summed E-state index contributed by atoms with van der Waals surface area (Å²) in [5.74, 6) is 0.0258. The lowest BCUT2D eigenvalue weighted by molar-refractivity contribution is -0.118. The number of aryl methyl sites for hydroxylation is 1.